The highest BCUT2D eigenvalue weighted by Crippen LogP contribution is 2.37. The SMILES string of the molecule is OCCOc1cccc2c1OCCNCCOCCNCCO2. The zero-order chi connectivity index (χ0) is 16.2. The number of aliphatic hydroxyl groups is 1. The summed E-state index contributed by atoms with van der Waals surface area (Å²) >= 11 is 0. The molecule has 7 heteroatoms. The van der Waals surface area contributed by atoms with Gasteiger partial charge in [0.25, 0.3) is 0 Å². The maximum atomic E-state index is 8.94. The molecule has 0 aromatic heterocycles. The van der Waals surface area contributed by atoms with Gasteiger partial charge in [-0.25, -0.2) is 0 Å². The van der Waals surface area contributed by atoms with Crippen molar-refractivity contribution in [3.63, 3.8) is 0 Å². The molecule has 7 nitrogen and oxygen atoms in total. The predicted octanol–water partition coefficient (Wildman–Crippen LogP) is 0.0247. The topological polar surface area (TPSA) is 81.2 Å². The van der Waals surface area contributed by atoms with Crippen LogP contribution in [0.4, 0.5) is 0 Å². The van der Waals surface area contributed by atoms with Crippen molar-refractivity contribution in [1.29, 1.82) is 0 Å². The summed E-state index contributed by atoms with van der Waals surface area (Å²) in [5, 5.41) is 15.5. The van der Waals surface area contributed by atoms with Gasteiger partial charge in [0, 0.05) is 26.2 Å². The highest BCUT2D eigenvalue weighted by atomic mass is 16.5. The molecule has 1 aromatic carbocycles. The lowest BCUT2D eigenvalue weighted by Gasteiger charge is -2.16. The fourth-order valence-corrected chi connectivity index (χ4v) is 2.12. The Kier molecular flexibility index (Phi) is 8.57. The molecule has 0 radical (unpaired) electrons. The normalized spacial score (nSPS) is 17.8. The number of benzene rings is 1. The summed E-state index contributed by atoms with van der Waals surface area (Å²) in [6.07, 6.45) is 0. The predicted molar refractivity (Wildman–Crippen MR) is 86.6 cm³/mol. The lowest BCUT2D eigenvalue weighted by Crippen LogP contribution is -2.27. The number of para-hydroxylation sites is 1. The van der Waals surface area contributed by atoms with Crippen molar-refractivity contribution in [2.75, 3.05) is 65.8 Å². The molecule has 3 N–H and O–H groups in total. The fraction of sp³-hybridized carbons (Fsp3) is 0.625. The molecule has 0 aliphatic carbocycles. The molecule has 0 fully saturated rings. The Balaban J connectivity index is 2.02. The zero-order valence-electron chi connectivity index (χ0n) is 13.4. The van der Waals surface area contributed by atoms with E-state index in [0.29, 0.717) is 50.2 Å². The van der Waals surface area contributed by atoms with Crippen molar-refractivity contribution >= 4 is 0 Å². The van der Waals surface area contributed by atoms with E-state index in [0.717, 1.165) is 19.6 Å². The molecule has 130 valence electrons. The van der Waals surface area contributed by atoms with Gasteiger partial charge in [-0.2, -0.15) is 0 Å². The number of ether oxygens (including phenoxy) is 4. The standard InChI is InChI=1S/C16H26N2O5/c19-8-13-22-15-3-1-2-14-16(15)23-12-7-18-5-10-20-9-4-17-6-11-21-14/h1-3,17-19H,4-13H2. The lowest BCUT2D eigenvalue weighted by atomic mass is 10.3. The van der Waals surface area contributed by atoms with Gasteiger partial charge >= 0.3 is 0 Å². The van der Waals surface area contributed by atoms with E-state index in [1.807, 2.05) is 18.2 Å². The summed E-state index contributed by atoms with van der Waals surface area (Å²) in [5.41, 5.74) is 0. The molecule has 0 bridgehead atoms. The second-order valence-corrected chi connectivity index (χ2v) is 4.96. The summed E-state index contributed by atoms with van der Waals surface area (Å²) in [5.74, 6) is 1.80. The summed E-state index contributed by atoms with van der Waals surface area (Å²) in [7, 11) is 0. The monoisotopic (exact) mass is 326 g/mol. The van der Waals surface area contributed by atoms with Crippen LogP contribution in [0.25, 0.3) is 0 Å². The first-order valence-electron chi connectivity index (χ1n) is 8.03. The molecule has 0 saturated carbocycles. The van der Waals surface area contributed by atoms with Gasteiger partial charge in [0.15, 0.2) is 11.5 Å². The average Bonchev–Trinajstić information content (AvgIpc) is 2.58. The molecule has 1 aliphatic heterocycles. The van der Waals surface area contributed by atoms with Crippen molar-refractivity contribution in [2.45, 2.75) is 0 Å². The minimum atomic E-state index is -0.0456. The minimum Gasteiger partial charge on any atom is -0.488 e. The Labute approximate surface area is 136 Å². The van der Waals surface area contributed by atoms with E-state index >= 15 is 0 Å². The molecule has 23 heavy (non-hydrogen) atoms. The number of rotatable bonds is 3. The van der Waals surface area contributed by atoms with Gasteiger partial charge in [-0.15, -0.1) is 0 Å². The van der Waals surface area contributed by atoms with E-state index in [1.165, 1.54) is 0 Å². The van der Waals surface area contributed by atoms with Gasteiger partial charge in [0.05, 0.1) is 19.8 Å². The number of hydrogen-bond acceptors (Lipinski definition) is 7. The Morgan fingerprint density at radius 3 is 2.39 bits per heavy atom. The van der Waals surface area contributed by atoms with Gasteiger partial charge in [0.2, 0.25) is 5.75 Å². The van der Waals surface area contributed by atoms with E-state index in [1.54, 1.807) is 0 Å². The van der Waals surface area contributed by atoms with Crippen molar-refractivity contribution in [1.82, 2.24) is 10.6 Å². The Bertz CT molecular complexity index is 444. The molecule has 2 rings (SSSR count). The highest BCUT2D eigenvalue weighted by molar-refractivity contribution is 5.51. The Hall–Kier alpha value is -1.54. The van der Waals surface area contributed by atoms with Gasteiger partial charge in [0.1, 0.15) is 19.8 Å². The van der Waals surface area contributed by atoms with Crippen LogP contribution in [0.2, 0.25) is 0 Å². The van der Waals surface area contributed by atoms with Crippen LogP contribution in [0.5, 0.6) is 17.2 Å². The van der Waals surface area contributed by atoms with Crippen LogP contribution in [0.1, 0.15) is 0 Å². The van der Waals surface area contributed by atoms with Crippen LogP contribution >= 0.6 is 0 Å². The smallest absolute Gasteiger partial charge is 0.203 e. The van der Waals surface area contributed by atoms with E-state index in [-0.39, 0.29) is 13.2 Å². The first-order chi connectivity index (χ1) is 11.4. The minimum absolute atomic E-state index is 0.0456. The highest BCUT2D eigenvalue weighted by Gasteiger charge is 2.13. The Morgan fingerprint density at radius 2 is 1.65 bits per heavy atom. The zero-order valence-corrected chi connectivity index (χ0v) is 13.4. The van der Waals surface area contributed by atoms with E-state index in [9.17, 15) is 0 Å². The molecular weight excluding hydrogens is 300 g/mol. The van der Waals surface area contributed by atoms with Crippen LogP contribution < -0.4 is 24.8 Å². The number of nitrogens with one attached hydrogen (secondary N) is 2. The molecule has 0 unspecified atom stereocenters. The average molecular weight is 326 g/mol. The maximum absolute atomic E-state index is 8.94. The quantitative estimate of drug-likeness (QED) is 0.723. The van der Waals surface area contributed by atoms with E-state index < -0.39 is 0 Å². The summed E-state index contributed by atoms with van der Waals surface area (Å²) in [6, 6.07) is 5.52. The van der Waals surface area contributed by atoms with E-state index in [4.69, 9.17) is 24.1 Å². The Morgan fingerprint density at radius 1 is 0.957 bits per heavy atom. The first kappa shape index (κ1) is 17.8. The fourth-order valence-electron chi connectivity index (χ4n) is 2.12. The summed E-state index contributed by atoms with van der Waals surface area (Å²) < 4.78 is 22.6. The lowest BCUT2D eigenvalue weighted by molar-refractivity contribution is 0.136. The largest absolute Gasteiger partial charge is 0.488 e. The van der Waals surface area contributed by atoms with Gasteiger partial charge in [-0.1, -0.05) is 6.07 Å². The van der Waals surface area contributed by atoms with Crippen LogP contribution in [0, 0.1) is 0 Å². The second-order valence-electron chi connectivity index (χ2n) is 4.96. The molecular formula is C16H26N2O5. The maximum Gasteiger partial charge on any atom is 0.203 e. The van der Waals surface area contributed by atoms with Gasteiger partial charge in [-0.05, 0) is 12.1 Å². The first-order valence-corrected chi connectivity index (χ1v) is 8.03. The third-order valence-electron chi connectivity index (χ3n) is 3.20. The second kappa shape index (κ2) is 11.1. The van der Waals surface area contributed by atoms with Crippen LogP contribution in [0.3, 0.4) is 0 Å². The van der Waals surface area contributed by atoms with Gasteiger partial charge < -0.3 is 34.7 Å². The third-order valence-corrected chi connectivity index (χ3v) is 3.20. The van der Waals surface area contributed by atoms with Gasteiger partial charge in [-0.3, -0.25) is 0 Å². The van der Waals surface area contributed by atoms with Crippen molar-refractivity contribution < 1.29 is 24.1 Å². The molecule has 1 aromatic rings. The summed E-state index contributed by atoms with van der Waals surface area (Å²) in [6.45, 7) is 5.58. The molecule has 1 heterocycles. The van der Waals surface area contributed by atoms with Crippen molar-refractivity contribution in [3.05, 3.63) is 18.2 Å². The number of hydrogen-bond donors (Lipinski definition) is 3. The van der Waals surface area contributed by atoms with Crippen LogP contribution in [-0.4, -0.2) is 70.9 Å². The number of aliphatic hydroxyl groups excluding tert-OH is 1. The molecule has 0 atom stereocenters. The molecule has 0 spiro atoms. The molecule has 0 amide bonds. The molecule has 0 saturated heterocycles. The van der Waals surface area contributed by atoms with Crippen LogP contribution in [-0.2, 0) is 4.74 Å². The van der Waals surface area contributed by atoms with Crippen molar-refractivity contribution in [2.24, 2.45) is 0 Å². The number of fused-ring (bicyclic) bond motifs is 1. The third kappa shape index (κ3) is 6.62. The summed E-state index contributed by atoms with van der Waals surface area (Å²) in [4.78, 5) is 0. The van der Waals surface area contributed by atoms with Crippen LogP contribution in [0.15, 0.2) is 18.2 Å². The van der Waals surface area contributed by atoms with E-state index in [2.05, 4.69) is 10.6 Å². The van der Waals surface area contributed by atoms with Crippen molar-refractivity contribution in [3.8, 4) is 17.2 Å². The molecule has 1 aliphatic rings.